The number of nitrogens with zero attached hydrogens (tertiary/aromatic N) is 1. The van der Waals surface area contributed by atoms with E-state index in [0.717, 1.165) is 27.8 Å². The van der Waals surface area contributed by atoms with Crippen LogP contribution in [0.25, 0.3) is 60.6 Å². The average molecular weight is 464 g/mol. The van der Waals surface area contributed by atoms with Crippen LogP contribution in [0, 0.1) is 6.92 Å². The van der Waals surface area contributed by atoms with Gasteiger partial charge in [0.1, 0.15) is 5.58 Å². The third kappa shape index (κ3) is 2.37. The third-order valence-corrected chi connectivity index (χ3v) is 8.32. The van der Waals surface area contributed by atoms with Gasteiger partial charge < -0.3 is 8.98 Å². The van der Waals surface area contributed by atoms with Crippen LogP contribution in [-0.2, 0) is 5.41 Å². The van der Waals surface area contributed by atoms with Gasteiger partial charge in [-0.2, -0.15) is 0 Å². The molecular weight excluding hydrogens is 438 g/mol. The minimum absolute atomic E-state index is 0.0517. The summed E-state index contributed by atoms with van der Waals surface area (Å²) in [5, 5.41) is 4.87. The summed E-state index contributed by atoms with van der Waals surface area (Å²) in [5.41, 5.74) is 12.0. The van der Waals surface area contributed by atoms with Gasteiger partial charge in [-0.15, -0.1) is 0 Å². The maximum Gasteiger partial charge on any atom is 0.159 e. The molecule has 8 rings (SSSR count). The number of para-hydroxylation sites is 3. The first-order valence-electron chi connectivity index (χ1n) is 12.6. The molecule has 0 bridgehead atoms. The molecule has 0 N–H and O–H groups in total. The third-order valence-electron chi connectivity index (χ3n) is 8.32. The summed E-state index contributed by atoms with van der Waals surface area (Å²) < 4.78 is 9.01. The van der Waals surface area contributed by atoms with E-state index in [9.17, 15) is 0 Å². The van der Waals surface area contributed by atoms with Crippen LogP contribution in [0.2, 0.25) is 0 Å². The lowest BCUT2D eigenvalue weighted by atomic mass is 9.82. The fourth-order valence-electron chi connectivity index (χ4n) is 6.55. The first-order chi connectivity index (χ1) is 17.5. The predicted octanol–water partition coefficient (Wildman–Crippen LogP) is 9.30. The van der Waals surface area contributed by atoms with Gasteiger partial charge in [-0.05, 0) is 59.0 Å². The highest BCUT2D eigenvalue weighted by molar-refractivity contribution is 6.14. The molecule has 0 unspecified atom stereocenters. The number of benzene rings is 5. The highest BCUT2D eigenvalue weighted by Crippen LogP contribution is 2.51. The van der Waals surface area contributed by atoms with Gasteiger partial charge in [0.05, 0.1) is 16.7 Å². The van der Waals surface area contributed by atoms with Crippen molar-refractivity contribution >= 4 is 43.7 Å². The molecule has 7 aromatic rings. The minimum atomic E-state index is -0.0517. The van der Waals surface area contributed by atoms with Gasteiger partial charge in [0.25, 0.3) is 0 Å². The quantitative estimate of drug-likeness (QED) is 0.237. The monoisotopic (exact) mass is 463 g/mol. The van der Waals surface area contributed by atoms with Crippen molar-refractivity contribution in [1.82, 2.24) is 4.57 Å². The highest BCUT2D eigenvalue weighted by atomic mass is 16.3. The molecule has 2 heteroatoms. The fourth-order valence-corrected chi connectivity index (χ4v) is 6.55. The van der Waals surface area contributed by atoms with E-state index >= 15 is 0 Å². The van der Waals surface area contributed by atoms with Gasteiger partial charge in [0.15, 0.2) is 5.58 Å². The first kappa shape index (κ1) is 19.9. The van der Waals surface area contributed by atoms with Crippen LogP contribution in [0.1, 0.15) is 30.5 Å². The molecule has 2 nitrogen and oxygen atoms in total. The lowest BCUT2D eigenvalue weighted by Gasteiger charge is -2.21. The van der Waals surface area contributed by atoms with Crippen LogP contribution in [0.3, 0.4) is 0 Å². The molecule has 0 saturated heterocycles. The predicted molar refractivity (Wildman–Crippen MR) is 150 cm³/mol. The van der Waals surface area contributed by atoms with Crippen molar-refractivity contribution in [3.05, 3.63) is 114 Å². The molecule has 2 aromatic heterocycles. The Hall–Kier alpha value is -4.30. The molecule has 2 heterocycles. The summed E-state index contributed by atoms with van der Waals surface area (Å²) in [5.74, 6) is 0. The Labute approximate surface area is 209 Å². The normalized spacial score (nSPS) is 14.2. The Morgan fingerprint density at radius 3 is 2.19 bits per heavy atom. The van der Waals surface area contributed by atoms with Crippen molar-refractivity contribution < 1.29 is 4.42 Å². The van der Waals surface area contributed by atoms with Crippen molar-refractivity contribution in [2.75, 3.05) is 0 Å². The second kappa shape index (κ2) is 6.67. The van der Waals surface area contributed by atoms with Crippen LogP contribution in [0.5, 0.6) is 0 Å². The van der Waals surface area contributed by atoms with Gasteiger partial charge in [0.2, 0.25) is 0 Å². The largest absolute Gasteiger partial charge is 0.454 e. The van der Waals surface area contributed by atoms with Gasteiger partial charge >= 0.3 is 0 Å². The summed E-state index contributed by atoms with van der Waals surface area (Å²) in [7, 11) is 0. The maximum absolute atomic E-state index is 6.60. The highest BCUT2D eigenvalue weighted by Gasteiger charge is 2.36. The fraction of sp³-hybridized carbons (Fsp3) is 0.118. The molecule has 0 amide bonds. The van der Waals surface area contributed by atoms with Crippen molar-refractivity contribution in [3.8, 4) is 16.8 Å². The molecule has 0 radical (unpaired) electrons. The number of hydrogen-bond acceptors (Lipinski definition) is 1. The molecule has 0 fully saturated rings. The molecule has 0 saturated carbocycles. The molecule has 36 heavy (non-hydrogen) atoms. The van der Waals surface area contributed by atoms with E-state index in [0.29, 0.717) is 0 Å². The first-order valence-corrected chi connectivity index (χ1v) is 12.6. The number of aryl methyl sites for hydroxylation is 1. The standard InChI is InChI=1S/C34H25NO/c1-20-10-8-13-23-24-14-9-17-30(33(24)36-32(20)23)35-29-16-7-5-12-22(29)26-18-25-21-11-4-6-15-27(21)34(2,3)28(25)19-31(26)35/h4-19H,1-3H3. The van der Waals surface area contributed by atoms with Gasteiger partial charge in [-0.25, -0.2) is 0 Å². The number of aromatic nitrogens is 1. The lowest BCUT2D eigenvalue weighted by molar-refractivity contribution is 0.660. The SMILES string of the molecule is Cc1cccc2c1oc1c(-n3c4ccccc4c4cc5c(cc43)C(C)(C)c3ccccc3-5)cccc12. The van der Waals surface area contributed by atoms with E-state index < -0.39 is 0 Å². The van der Waals surface area contributed by atoms with Crippen LogP contribution >= 0.6 is 0 Å². The summed E-state index contributed by atoms with van der Waals surface area (Å²) in [4.78, 5) is 0. The Balaban J connectivity index is 1.53. The van der Waals surface area contributed by atoms with Crippen molar-refractivity contribution in [2.24, 2.45) is 0 Å². The molecule has 0 aliphatic heterocycles. The molecule has 172 valence electrons. The Morgan fingerprint density at radius 1 is 0.583 bits per heavy atom. The lowest BCUT2D eigenvalue weighted by Crippen LogP contribution is -2.14. The van der Waals surface area contributed by atoms with Gasteiger partial charge in [-0.1, -0.05) is 86.6 Å². The molecule has 1 aliphatic carbocycles. The Bertz CT molecular complexity index is 2030. The zero-order valence-corrected chi connectivity index (χ0v) is 20.6. The van der Waals surface area contributed by atoms with E-state index in [1.165, 1.54) is 49.4 Å². The van der Waals surface area contributed by atoms with Crippen LogP contribution in [-0.4, -0.2) is 4.57 Å². The number of hydrogen-bond donors (Lipinski definition) is 0. The molecule has 0 spiro atoms. The van der Waals surface area contributed by atoms with Crippen molar-refractivity contribution in [1.29, 1.82) is 0 Å². The summed E-state index contributed by atoms with van der Waals surface area (Å²) >= 11 is 0. The van der Waals surface area contributed by atoms with E-state index in [1.807, 2.05) is 0 Å². The Morgan fingerprint density at radius 2 is 1.31 bits per heavy atom. The van der Waals surface area contributed by atoms with E-state index in [2.05, 4.69) is 122 Å². The molecule has 1 aliphatic rings. The summed E-state index contributed by atoms with van der Waals surface area (Å²) in [6, 6.07) is 35.4. The smallest absolute Gasteiger partial charge is 0.159 e. The van der Waals surface area contributed by atoms with Crippen molar-refractivity contribution in [3.63, 3.8) is 0 Å². The van der Waals surface area contributed by atoms with Crippen molar-refractivity contribution in [2.45, 2.75) is 26.2 Å². The van der Waals surface area contributed by atoms with Crippen LogP contribution < -0.4 is 0 Å². The zero-order chi connectivity index (χ0) is 24.2. The zero-order valence-electron chi connectivity index (χ0n) is 20.6. The van der Waals surface area contributed by atoms with E-state index in [-0.39, 0.29) is 5.41 Å². The van der Waals surface area contributed by atoms with E-state index in [1.54, 1.807) is 0 Å². The minimum Gasteiger partial charge on any atom is -0.454 e. The number of furan rings is 1. The number of rotatable bonds is 1. The summed E-state index contributed by atoms with van der Waals surface area (Å²) in [6.45, 7) is 6.81. The second-order valence-corrected chi connectivity index (χ2v) is 10.6. The topological polar surface area (TPSA) is 18.1 Å². The summed E-state index contributed by atoms with van der Waals surface area (Å²) in [6.07, 6.45) is 0. The average Bonchev–Trinajstić information content (AvgIpc) is 3.51. The molecular formula is C34H25NO. The van der Waals surface area contributed by atoms with Gasteiger partial charge in [-0.3, -0.25) is 0 Å². The molecule has 0 atom stereocenters. The number of fused-ring (bicyclic) bond motifs is 9. The Kier molecular flexibility index (Phi) is 3.70. The molecule has 5 aromatic carbocycles. The van der Waals surface area contributed by atoms with Crippen LogP contribution in [0.4, 0.5) is 0 Å². The van der Waals surface area contributed by atoms with Crippen LogP contribution in [0.15, 0.2) is 101 Å². The second-order valence-electron chi connectivity index (χ2n) is 10.6. The maximum atomic E-state index is 6.60. The van der Waals surface area contributed by atoms with Gasteiger partial charge in [0, 0.05) is 27.0 Å². The van der Waals surface area contributed by atoms with E-state index in [4.69, 9.17) is 4.42 Å².